The van der Waals surface area contributed by atoms with E-state index in [0.717, 1.165) is 16.6 Å². The Morgan fingerprint density at radius 1 is 1.05 bits per heavy atom. The number of hydrogen-bond acceptors (Lipinski definition) is 1. The number of aliphatic hydroxyl groups is 1. The van der Waals surface area contributed by atoms with Crippen LogP contribution in [0.2, 0.25) is 5.02 Å². The van der Waals surface area contributed by atoms with E-state index in [1.54, 1.807) is 18.2 Å². The summed E-state index contributed by atoms with van der Waals surface area (Å²) < 4.78 is 38.1. The molecular weight excluding hydrogens is 357 g/mol. The number of alkyl halides is 3. The Morgan fingerprint density at radius 3 is 2.20 bits per heavy atom. The molecule has 106 valence electrons. The SMILES string of the molecule is OC(c1ccc(C(F)(F)F)cc1)c1cc(Br)ccc1Cl. The maximum atomic E-state index is 12.5. The molecule has 0 aromatic heterocycles. The lowest BCUT2D eigenvalue weighted by molar-refractivity contribution is -0.137. The third-order valence-corrected chi connectivity index (χ3v) is 3.64. The molecule has 2 rings (SSSR count). The zero-order chi connectivity index (χ0) is 14.9. The van der Waals surface area contributed by atoms with Gasteiger partial charge in [-0.05, 0) is 35.9 Å². The molecule has 1 N–H and O–H groups in total. The molecule has 0 saturated carbocycles. The van der Waals surface area contributed by atoms with Crippen molar-refractivity contribution in [2.24, 2.45) is 0 Å². The summed E-state index contributed by atoms with van der Waals surface area (Å²) in [5, 5.41) is 10.6. The van der Waals surface area contributed by atoms with Gasteiger partial charge >= 0.3 is 6.18 Å². The zero-order valence-corrected chi connectivity index (χ0v) is 12.3. The first kappa shape index (κ1) is 15.4. The summed E-state index contributed by atoms with van der Waals surface area (Å²) in [7, 11) is 0. The van der Waals surface area contributed by atoms with Gasteiger partial charge < -0.3 is 5.11 Å². The summed E-state index contributed by atoms with van der Waals surface area (Å²) in [6.07, 6.45) is -5.47. The summed E-state index contributed by atoms with van der Waals surface area (Å²) in [4.78, 5) is 0. The van der Waals surface area contributed by atoms with E-state index in [1.165, 1.54) is 12.1 Å². The van der Waals surface area contributed by atoms with Gasteiger partial charge in [-0.1, -0.05) is 39.7 Å². The molecule has 6 heteroatoms. The van der Waals surface area contributed by atoms with E-state index >= 15 is 0 Å². The minimum atomic E-state index is -4.39. The van der Waals surface area contributed by atoms with Gasteiger partial charge in [-0.3, -0.25) is 0 Å². The number of aliphatic hydroxyl groups excluding tert-OH is 1. The zero-order valence-electron chi connectivity index (χ0n) is 9.96. The van der Waals surface area contributed by atoms with Crippen molar-refractivity contribution in [3.63, 3.8) is 0 Å². The summed E-state index contributed by atoms with van der Waals surface area (Å²) in [5.74, 6) is 0. The van der Waals surface area contributed by atoms with Gasteiger partial charge in [0.25, 0.3) is 0 Å². The fraction of sp³-hybridized carbons (Fsp3) is 0.143. The topological polar surface area (TPSA) is 20.2 Å². The van der Waals surface area contributed by atoms with Gasteiger partial charge in [0.2, 0.25) is 0 Å². The number of halogens is 5. The smallest absolute Gasteiger partial charge is 0.384 e. The van der Waals surface area contributed by atoms with Crippen molar-refractivity contribution in [2.75, 3.05) is 0 Å². The highest BCUT2D eigenvalue weighted by Crippen LogP contribution is 2.33. The van der Waals surface area contributed by atoms with Crippen LogP contribution in [0.15, 0.2) is 46.9 Å². The molecule has 0 saturated heterocycles. The third-order valence-electron chi connectivity index (χ3n) is 2.81. The molecule has 0 aliphatic rings. The monoisotopic (exact) mass is 364 g/mol. The molecule has 0 fully saturated rings. The fourth-order valence-electron chi connectivity index (χ4n) is 1.76. The van der Waals surface area contributed by atoms with Crippen molar-refractivity contribution < 1.29 is 18.3 Å². The highest BCUT2D eigenvalue weighted by Gasteiger charge is 2.30. The molecule has 0 aliphatic heterocycles. The Morgan fingerprint density at radius 2 is 1.65 bits per heavy atom. The molecule has 2 aromatic carbocycles. The van der Waals surface area contributed by atoms with Crippen molar-refractivity contribution in [1.82, 2.24) is 0 Å². The maximum absolute atomic E-state index is 12.5. The van der Waals surface area contributed by atoms with E-state index in [1.807, 2.05) is 0 Å². The van der Waals surface area contributed by atoms with Crippen molar-refractivity contribution in [1.29, 1.82) is 0 Å². The number of benzene rings is 2. The molecule has 2 aromatic rings. The van der Waals surface area contributed by atoms with Crippen molar-refractivity contribution in [3.8, 4) is 0 Å². The third kappa shape index (κ3) is 3.34. The van der Waals surface area contributed by atoms with E-state index in [0.29, 0.717) is 16.1 Å². The Bertz CT molecular complexity index is 611. The average Bonchev–Trinajstić information content (AvgIpc) is 2.40. The van der Waals surface area contributed by atoms with Gasteiger partial charge in [0.05, 0.1) is 5.56 Å². The van der Waals surface area contributed by atoms with E-state index < -0.39 is 17.8 Å². The van der Waals surface area contributed by atoms with Gasteiger partial charge in [0.1, 0.15) is 6.10 Å². The molecule has 0 radical (unpaired) electrons. The molecule has 1 atom stereocenters. The van der Waals surface area contributed by atoms with Crippen molar-refractivity contribution in [2.45, 2.75) is 12.3 Å². The van der Waals surface area contributed by atoms with Crippen LogP contribution in [0.5, 0.6) is 0 Å². The molecule has 1 unspecified atom stereocenters. The molecule has 0 bridgehead atoms. The number of rotatable bonds is 2. The summed E-state index contributed by atoms with van der Waals surface area (Å²) in [6.45, 7) is 0. The van der Waals surface area contributed by atoms with Crippen LogP contribution in [0, 0.1) is 0 Å². The van der Waals surface area contributed by atoms with Gasteiger partial charge in [-0.25, -0.2) is 0 Å². The lowest BCUT2D eigenvalue weighted by Crippen LogP contribution is -2.06. The van der Waals surface area contributed by atoms with Crippen LogP contribution in [0.25, 0.3) is 0 Å². The minimum absolute atomic E-state index is 0.345. The first-order chi connectivity index (χ1) is 9.29. The van der Waals surface area contributed by atoms with E-state index in [-0.39, 0.29) is 0 Å². The van der Waals surface area contributed by atoms with Gasteiger partial charge in [0.15, 0.2) is 0 Å². The Balaban J connectivity index is 2.34. The quantitative estimate of drug-likeness (QED) is 0.775. The molecule has 0 amide bonds. The Labute approximate surface area is 127 Å². The van der Waals surface area contributed by atoms with Crippen molar-refractivity contribution >= 4 is 27.5 Å². The number of hydrogen-bond donors (Lipinski definition) is 1. The van der Waals surface area contributed by atoms with Crippen LogP contribution in [-0.2, 0) is 6.18 Å². The van der Waals surface area contributed by atoms with Crippen LogP contribution in [0.1, 0.15) is 22.8 Å². The van der Waals surface area contributed by atoms with Crippen LogP contribution < -0.4 is 0 Å². The largest absolute Gasteiger partial charge is 0.416 e. The van der Waals surface area contributed by atoms with Gasteiger partial charge in [0, 0.05) is 15.1 Å². The molecule has 0 heterocycles. The van der Waals surface area contributed by atoms with Crippen LogP contribution in [0.4, 0.5) is 13.2 Å². The average molecular weight is 366 g/mol. The summed E-state index contributed by atoms with van der Waals surface area (Å²) >= 11 is 9.24. The summed E-state index contributed by atoms with van der Waals surface area (Å²) in [5.41, 5.74) is 0.0209. The molecule has 20 heavy (non-hydrogen) atoms. The first-order valence-corrected chi connectivity index (χ1v) is 6.76. The summed E-state index contributed by atoms with van der Waals surface area (Å²) in [6, 6.07) is 9.30. The van der Waals surface area contributed by atoms with Crippen LogP contribution in [-0.4, -0.2) is 5.11 Å². The molecule has 0 aliphatic carbocycles. The van der Waals surface area contributed by atoms with Gasteiger partial charge in [-0.15, -0.1) is 0 Å². The molecular formula is C14H9BrClF3O. The van der Waals surface area contributed by atoms with E-state index in [2.05, 4.69) is 15.9 Å². The second-order valence-corrected chi connectivity index (χ2v) is 5.51. The predicted octanol–water partition coefficient (Wildman–Crippen LogP) is 5.20. The lowest BCUT2D eigenvalue weighted by Gasteiger charge is -2.15. The second-order valence-electron chi connectivity index (χ2n) is 4.19. The minimum Gasteiger partial charge on any atom is -0.384 e. The van der Waals surface area contributed by atoms with Crippen LogP contribution >= 0.6 is 27.5 Å². The fourth-order valence-corrected chi connectivity index (χ4v) is 2.36. The van der Waals surface area contributed by atoms with Gasteiger partial charge in [-0.2, -0.15) is 13.2 Å². The predicted molar refractivity (Wildman–Crippen MR) is 74.7 cm³/mol. The first-order valence-electron chi connectivity index (χ1n) is 5.59. The second kappa shape index (κ2) is 5.76. The standard InChI is InChI=1S/C14H9BrClF3O/c15-10-5-6-12(16)11(7-10)13(20)8-1-3-9(4-2-8)14(17,18)19/h1-7,13,20H. The van der Waals surface area contributed by atoms with Crippen molar-refractivity contribution in [3.05, 3.63) is 68.7 Å². The normalized spacial score (nSPS) is 13.3. The lowest BCUT2D eigenvalue weighted by atomic mass is 10.0. The van der Waals surface area contributed by atoms with E-state index in [9.17, 15) is 18.3 Å². The van der Waals surface area contributed by atoms with E-state index in [4.69, 9.17) is 11.6 Å². The highest BCUT2D eigenvalue weighted by molar-refractivity contribution is 9.10. The Kier molecular flexibility index (Phi) is 4.42. The molecule has 1 nitrogen and oxygen atoms in total. The Hall–Kier alpha value is -1.04. The van der Waals surface area contributed by atoms with Crippen LogP contribution in [0.3, 0.4) is 0 Å². The highest BCUT2D eigenvalue weighted by atomic mass is 79.9. The molecule has 0 spiro atoms. The maximum Gasteiger partial charge on any atom is 0.416 e.